The number of hydrogen-bond donors (Lipinski definition) is 1. The van der Waals surface area contributed by atoms with Crippen molar-refractivity contribution in [3.8, 4) is 0 Å². The van der Waals surface area contributed by atoms with E-state index in [2.05, 4.69) is 0 Å². The van der Waals surface area contributed by atoms with Gasteiger partial charge in [0.2, 0.25) is 5.92 Å². The quantitative estimate of drug-likeness (QED) is 0.492. The van der Waals surface area contributed by atoms with Crippen molar-refractivity contribution in [2.75, 3.05) is 5.73 Å². The number of anilines is 1. The fraction of sp³-hybridized carbons (Fsp3) is 0.471. The lowest BCUT2D eigenvalue weighted by atomic mass is 9.74. The van der Waals surface area contributed by atoms with Crippen molar-refractivity contribution in [1.82, 2.24) is 0 Å². The molecule has 23 heavy (non-hydrogen) atoms. The van der Waals surface area contributed by atoms with Gasteiger partial charge in [0.1, 0.15) is 5.60 Å². The Balaban J connectivity index is 2.32. The van der Waals surface area contributed by atoms with Crippen LogP contribution in [-0.2, 0) is 9.53 Å². The van der Waals surface area contributed by atoms with E-state index < -0.39 is 23.4 Å². The summed E-state index contributed by atoms with van der Waals surface area (Å²) in [7, 11) is 0. The summed E-state index contributed by atoms with van der Waals surface area (Å²) in [6.45, 7) is 5.24. The number of carbonyl (C=O) groups is 1. The zero-order valence-corrected chi connectivity index (χ0v) is 14.1. The molecule has 0 saturated heterocycles. The van der Waals surface area contributed by atoms with Crippen LogP contribution in [0.4, 0.5) is 14.5 Å². The summed E-state index contributed by atoms with van der Waals surface area (Å²) in [6, 6.07) is 4.85. The molecule has 0 amide bonds. The minimum Gasteiger partial charge on any atom is -0.457 e. The Labute approximate surface area is 139 Å². The van der Waals surface area contributed by atoms with E-state index in [0.717, 1.165) is 0 Å². The van der Waals surface area contributed by atoms with E-state index in [1.807, 2.05) is 0 Å². The summed E-state index contributed by atoms with van der Waals surface area (Å²) in [5, 5.41) is 0.379. The second kappa shape index (κ2) is 6.11. The maximum Gasteiger partial charge on any atom is 0.331 e. The Morgan fingerprint density at radius 3 is 2.48 bits per heavy atom. The third-order valence-electron chi connectivity index (χ3n) is 3.54. The first-order valence-corrected chi connectivity index (χ1v) is 7.72. The van der Waals surface area contributed by atoms with Crippen LogP contribution < -0.4 is 5.73 Å². The van der Waals surface area contributed by atoms with Crippen molar-refractivity contribution in [3.63, 3.8) is 0 Å². The van der Waals surface area contributed by atoms with Crippen molar-refractivity contribution in [1.29, 1.82) is 0 Å². The highest BCUT2D eigenvalue weighted by Crippen LogP contribution is 2.49. The lowest BCUT2D eigenvalue weighted by molar-refractivity contribution is -0.148. The van der Waals surface area contributed by atoms with E-state index in [1.165, 1.54) is 6.08 Å². The minimum atomic E-state index is -2.68. The Bertz CT molecular complexity index is 642. The second-order valence-corrected chi connectivity index (χ2v) is 7.24. The lowest BCUT2D eigenvalue weighted by Crippen LogP contribution is -2.36. The number of benzene rings is 1. The largest absolute Gasteiger partial charge is 0.457 e. The summed E-state index contributed by atoms with van der Waals surface area (Å²) in [5.41, 5.74) is 6.58. The number of ether oxygens (including phenoxy) is 1. The Morgan fingerprint density at radius 2 is 2.00 bits per heavy atom. The molecule has 0 aliphatic heterocycles. The lowest BCUT2D eigenvalue weighted by Gasteiger charge is -2.36. The van der Waals surface area contributed by atoms with E-state index >= 15 is 0 Å². The number of halogens is 3. The van der Waals surface area contributed by atoms with Gasteiger partial charge in [0, 0.05) is 18.9 Å². The molecule has 0 unspecified atom stereocenters. The van der Waals surface area contributed by atoms with Crippen molar-refractivity contribution in [2.45, 2.75) is 45.1 Å². The number of alkyl halides is 2. The molecule has 1 aliphatic rings. The number of rotatable bonds is 3. The third kappa shape index (κ3) is 4.67. The zero-order chi connectivity index (χ0) is 17.4. The molecule has 3 nitrogen and oxygen atoms in total. The summed E-state index contributed by atoms with van der Waals surface area (Å²) in [4.78, 5) is 12.1. The van der Waals surface area contributed by atoms with Crippen LogP contribution in [0, 0.1) is 5.92 Å². The molecule has 1 fully saturated rings. The van der Waals surface area contributed by atoms with E-state index in [1.54, 1.807) is 39.0 Å². The SMILES string of the molecule is CC(C)(C)OC(=O)C=C(c1ccc(Cl)c(N)c1)C1CC(F)(F)C1. The van der Waals surface area contributed by atoms with Crippen molar-refractivity contribution >= 4 is 28.8 Å². The molecular formula is C17H20ClF2NO2. The van der Waals surface area contributed by atoms with Gasteiger partial charge < -0.3 is 10.5 Å². The summed E-state index contributed by atoms with van der Waals surface area (Å²) in [6.07, 6.45) is 0.710. The van der Waals surface area contributed by atoms with Crippen LogP contribution in [0.5, 0.6) is 0 Å². The van der Waals surface area contributed by atoms with Crippen LogP contribution >= 0.6 is 11.6 Å². The van der Waals surface area contributed by atoms with Gasteiger partial charge in [0.15, 0.2) is 0 Å². The van der Waals surface area contributed by atoms with E-state index in [4.69, 9.17) is 22.1 Å². The van der Waals surface area contributed by atoms with Crippen LogP contribution in [0.1, 0.15) is 39.2 Å². The topological polar surface area (TPSA) is 52.3 Å². The Morgan fingerprint density at radius 1 is 1.39 bits per heavy atom. The molecule has 1 aromatic rings. The number of nitrogens with two attached hydrogens (primary N) is 1. The summed E-state index contributed by atoms with van der Waals surface area (Å²) in [5.74, 6) is -3.65. The molecule has 1 aromatic carbocycles. The van der Waals surface area contributed by atoms with Crippen molar-refractivity contribution in [2.24, 2.45) is 5.92 Å². The van der Waals surface area contributed by atoms with Crippen LogP contribution in [0.2, 0.25) is 5.02 Å². The van der Waals surface area contributed by atoms with Gasteiger partial charge in [-0.2, -0.15) is 0 Å². The first kappa shape index (κ1) is 17.7. The number of esters is 1. The van der Waals surface area contributed by atoms with Crippen LogP contribution in [0.15, 0.2) is 24.3 Å². The van der Waals surface area contributed by atoms with E-state index in [0.29, 0.717) is 21.8 Å². The van der Waals surface area contributed by atoms with E-state index in [-0.39, 0.29) is 12.8 Å². The average molecular weight is 344 g/mol. The molecule has 0 atom stereocenters. The molecule has 2 rings (SSSR count). The average Bonchev–Trinajstić information content (AvgIpc) is 2.34. The number of allylic oxidation sites excluding steroid dienone is 1. The van der Waals surface area contributed by atoms with Gasteiger partial charge in [0.05, 0.1) is 10.7 Å². The number of nitrogen functional groups attached to an aromatic ring is 1. The first-order chi connectivity index (χ1) is 10.5. The van der Waals surface area contributed by atoms with E-state index in [9.17, 15) is 13.6 Å². The molecule has 0 spiro atoms. The zero-order valence-electron chi connectivity index (χ0n) is 13.3. The first-order valence-electron chi connectivity index (χ1n) is 7.35. The normalized spacial score (nSPS) is 18.4. The molecule has 0 aromatic heterocycles. The standard InChI is InChI=1S/C17H20ClF2NO2/c1-16(2,3)23-15(22)7-12(11-8-17(19,20)9-11)10-4-5-13(18)14(21)6-10/h4-7,11H,8-9,21H2,1-3H3. The maximum absolute atomic E-state index is 13.2. The molecule has 6 heteroatoms. The highest BCUT2D eigenvalue weighted by atomic mass is 35.5. The van der Waals surface area contributed by atoms with Crippen molar-refractivity contribution in [3.05, 3.63) is 34.9 Å². The smallest absolute Gasteiger partial charge is 0.331 e. The predicted molar refractivity (Wildman–Crippen MR) is 87.4 cm³/mol. The monoisotopic (exact) mass is 343 g/mol. The predicted octanol–water partition coefficient (Wildman–Crippen LogP) is 4.69. The molecule has 1 aliphatic carbocycles. The molecule has 1 saturated carbocycles. The minimum absolute atomic E-state index is 0.288. The molecule has 0 heterocycles. The fourth-order valence-electron chi connectivity index (χ4n) is 2.50. The highest BCUT2D eigenvalue weighted by molar-refractivity contribution is 6.33. The van der Waals surface area contributed by atoms with Crippen LogP contribution in [-0.4, -0.2) is 17.5 Å². The van der Waals surface area contributed by atoms with Gasteiger partial charge in [-0.05, 0) is 50.0 Å². The molecule has 0 bridgehead atoms. The summed E-state index contributed by atoms with van der Waals surface area (Å²) >= 11 is 5.89. The second-order valence-electron chi connectivity index (χ2n) is 6.83. The highest BCUT2D eigenvalue weighted by Gasteiger charge is 2.47. The van der Waals surface area contributed by atoms with Gasteiger partial charge in [-0.15, -0.1) is 0 Å². The van der Waals surface area contributed by atoms with Gasteiger partial charge in [0.25, 0.3) is 0 Å². The van der Waals surface area contributed by atoms with Crippen LogP contribution in [0.3, 0.4) is 0 Å². The third-order valence-corrected chi connectivity index (χ3v) is 3.88. The van der Waals surface area contributed by atoms with Gasteiger partial charge >= 0.3 is 5.97 Å². The van der Waals surface area contributed by atoms with Gasteiger partial charge in [-0.25, -0.2) is 13.6 Å². The fourth-order valence-corrected chi connectivity index (χ4v) is 2.62. The Kier molecular flexibility index (Phi) is 4.71. The number of hydrogen-bond acceptors (Lipinski definition) is 3. The molecule has 2 N–H and O–H groups in total. The summed E-state index contributed by atoms with van der Waals surface area (Å²) < 4.78 is 31.7. The van der Waals surface area contributed by atoms with Crippen molar-refractivity contribution < 1.29 is 18.3 Å². The van der Waals surface area contributed by atoms with Gasteiger partial charge in [-0.1, -0.05) is 17.7 Å². The molecular weight excluding hydrogens is 324 g/mol. The molecule has 0 radical (unpaired) electrons. The Hall–Kier alpha value is -1.62. The van der Waals surface area contributed by atoms with Gasteiger partial charge in [-0.3, -0.25) is 0 Å². The maximum atomic E-state index is 13.2. The number of carbonyl (C=O) groups excluding carboxylic acids is 1. The van der Waals surface area contributed by atoms with Crippen LogP contribution in [0.25, 0.3) is 5.57 Å². The molecule has 126 valence electrons.